The first-order valence-corrected chi connectivity index (χ1v) is 6.81. The van der Waals surface area contributed by atoms with Crippen molar-refractivity contribution in [2.24, 2.45) is 5.92 Å². The van der Waals surface area contributed by atoms with Crippen LogP contribution in [0, 0.1) is 11.7 Å². The number of halogens is 1. The third kappa shape index (κ3) is 3.10. The minimum atomic E-state index is -0.833. The van der Waals surface area contributed by atoms with Crippen LogP contribution >= 0.6 is 0 Å². The van der Waals surface area contributed by atoms with Crippen LogP contribution in [0.2, 0.25) is 0 Å². The molecule has 1 aromatic rings. The van der Waals surface area contributed by atoms with Gasteiger partial charge in [0.15, 0.2) is 11.6 Å². The third-order valence-electron chi connectivity index (χ3n) is 3.90. The standard InChI is InChI=1S/C15H20FNO3/c1-10-6-7-17(12(8-10)15(18)19)9-11-4-3-5-13(20-2)14(11)16/h3-5,10,12H,6-9H2,1-2H3,(H,18,19). The molecule has 2 atom stereocenters. The number of nitrogens with zero attached hydrogens (tertiary/aromatic N) is 1. The number of ether oxygens (including phenoxy) is 1. The van der Waals surface area contributed by atoms with Gasteiger partial charge in [-0.15, -0.1) is 0 Å². The first-order chi connectivity index (χ1) is 9.52. The highest BCUT2D eigenvalue weighted by Gasteiger charge is 2.32. The molecule has 0 amide bonds. The van der Waals surface area contributed by atoms with Gasteiger partial charge in [0.2, 0.25) is 0 Å². The monoisotopic (exact) mass is 281 g/mol. The van der Waals surface area contributed by atoms with Crippen molar-refractivity contribution in [1.29, 1.82) is 0 Å². The lowest BCUT2D eigenvalue weighted by atomic mass is 9.92. The van der Waals surface area contributed by atoms with Crippen LogP contribution < -0.4 is 4.74 Å². The van der Waals surface area contributed by atoms with Crippen LogP contribution in [0.3, 0.4) is 0 Å². The maximum atomic E-state index is 14.1. The molecule has 0 aromatic heterocycles. The molecule has 1 aromatic carbocycles. The van der Waals surface area contributed by atoms with Gasteiger partial charge < -0.3 is 9.84 Å². The molecule has 1 heterocycles. The van der Waals surface area contributed by atoms with E-state index in [0.717, 1.165) is 6.42 Å². The van der Waals surface area contributed by atoms with Gasteiger partial charge >= 0.3 is 5.97 Å². The molecular formula is C15H20FNO3. The van der Waals surface area contributed by atoms with Gasteiger partial charge in [0.25, 0.3) is 0 Å². The first-order valence-electron chi connectivity index (χ1n) is 6.81. The molecule has 0 bridgehead atoms. The summed E-state index contributed by atoms with van der Waals surface area (Å²) in [7, 11) is 1.42. The summed E-state index contributed by atoms with van der Waals surface area (Å²) in [5, 5.41) is 9.31. The fourth-order valence-corrected chi connectivity index (χ4v) is 2.69. The van der Waals surface area contributed by atoms with Gasteiger partial charge in [0, 0.05) is 12.1 Å². The number of benzene rings is 1. The maximum Gasteiger partial charge on any atom is 0.320 e. The number of likely N-dealkylation sites (tertiary alicyclic amines) is 1. The summed E-state index contributed by atoms with van der Waals surface area (Å²) in [6.07, 6.45) is 1.55. The maximum absolute atomic E-state index is 14.1. The summed E-state index contributed by atoms with van der Waals surface area (Å²) in [6.45, 7) is 3.03. The number of piperidine rings is 1. The van der Waals surface area contributed by atoms with Crippen molar-refractivity contribution in [3.05, 3.63) is 29.6 Å². The average molecular weight is 281 g/mol. The van der Waals surface area contributed by atoms with E-state index in [1.807, 2.05) is 4.90 Å². The zero-order chi connectivity index (χ0) is 14.7. The Kier molecular flexibility index (Phi) is 4.60. The Bertz CT molecular complexity index is 492. The van der Waals surface area contributed by atoms with E-state index in [2.05, 4.69) is 6.92 Å². The summed E-state index contributed by atoms with van der Waals surface area (Å²) in [4.78, 5) is 13.2. The molecule has 2 rings (SSSR count). The van der Waals surface area contributed by atoms with Gasteiger partial charge in [0.1, 0.15) is 6.04 Å². The lowest BCUT2D eigenvalue weighted by Crippen LogP contribution is -2.46. The fraction of sp³-hybridized carbons (Fsp3) is 0.533. The van der Waals surface area contributed by atoms with E-state index in [1.54, 1.807) is 18.2 Å². The Morgan fingerprint density at radius 2 is 2.30 bits per heavy atom. The van der Waals surface area contributed by atoms with Crippen molar-refractivity contribution in [2.45, 2.75) is 32.4 Å². The number of rotatable bonds is 4. The molecule has 20 heavy (non-hydrogen) atoms. The fourth-order valence-electron chi connectivity index (χ4n) is 2.69. The second-order valence-electron chi connectivity index (χ2n) is 5.39. The molecule has 1 saturated heterocycles. The van der Waals surface area contributed by atoms with Crippen molar-refractivity contribution in [3.8, 4) is 5.75 Å². The van der Waals surface area contributed by atoms with Crippen molar-refractivity contribution in [2.75, 3.05) is 13.7 Å². The number of methoxy groups -OCH3 is 1. The lowest BCUT2D eigenvalue weighted by Gasteiger charge is -2.36. The van der Waals surface area contributed by atoms with E-state index in [0.29, 0.717) is 31.0 Å². The smallest absolute Gasteiger partial charge is 0.320 e. The molecule has 5 heteroatoms. The number of aliphatic carboxylic acids is 1. The van der Waals surface area contributed by atoms with Crippen LogP contribution in [-0.2, 0) is 11.3 Å². The Morgan fingerprint density at radius 1 is 1.55 bits per heavy atom. The lowest BCUT2D eigenvalue weighted by molar-refractivity contribution is -0.145. The number of hydrogen-bond donors (Lipinski definition) is 1. The summed E-state index contributed by atoms with van der Waals surface area (Å²) in [6, 6.07) is 4.42. The van der Waals surface area contributed by atoms with Crippen molar-refractivity contribution < 1.29 is 19.0 Å². The Hall–Kier alpha value is -1.62. The second kappa shape index (κ2) is 6.22. The van der Waals surface area contributed by atoms with Gasteiger partial charge in [-0.1, -0.05) is 19.1 Å². The number of carbonyl (C=O) groups is 1. The molecule has 0 saturated carbocycles. The minimum Gasteiger partial charge on any atom is -0.494 e. The van der Waals surface area contributed by atoms with Crippen LogP contribution in [0.1, 0.15) is 25.3 Å². The van der Waals surface area contributed by atoms with E-state index in [4.69, 9.17) is 4.74 Å². The van der Waals surface area contributed by atoms with Crippen molar-refractivity contribution in [1.82, 2.24) is 4.90 Å². The second-order valence-corrected chi connectivity index (χ2v) is 5.39. The van der Waals surface area contributed by atoms with Gasteiger partial charge in [-0.05, 0) is 31.4 Å². The molecule has 4 nitrogen and oxygen atoms in total. The first kappa shape index (κ1) is 14.8. The highest BCUT2D eigenvalue weighted by molar-refractivity contribution is 5.73. The van der Waals surface area contributed by atoms with E-state index in [-0.39, 0.29) is 5.75 Å². The Morgan fingerprint density at radius 3 is 2.95 bits per heavy atom. The van der Waals surface area contributed by atoms with Gasteiger partial charge in [-0.25, -0.2) is 4.39 Å². The van der Waals surface area contributed by atoms with Crippen molar-refractivity contribution >= 4 is 5.97 Å². The largest absolute Gasteiger partial charge is 0.494 e. The summed E-state index contributed by atoms with van der Waals surface area (Å²) < 4.78 is 19.1. The number of carboxylic acids is 1. The predicted octanol–water partition coefficient (Wildman–Crippen LogP) is 2.52. The Labute approximate surface area is 118 Å². The van der Waals surface area contributed by atoms with Gasteiger partial charge in [-0.3, -0.25) is 9.69 Å². The molecule has 0 radical (unpaired) electrons. The highest BCUT2D eigenvalue weighted by atomic mass is 19.1. The summed E-state index contributed by atoms with van der Waals surface area (Å²) in [5.74, 6) is -0.653. The normalized spacial score (nSPS) is 23.6. The van der Waals surface area contributed by atoms with E-state index < -0.39 is 17.8 Å². The molecule has 110 valence electrons. The summed E-state index contributed by atoms with van der Waals surface area (Å²) in [5.41, 5.74) is 0.477. The quantitative estimate of drug-likeness (QED) is 0.921. The molecule has 1 N–H and O–H groups in total. The molecule has 1 fully saturated rings. The van der Waals surface area contributed by atoms with Crippen LogP contribution in [0.15, 0.2) is 18.2 Å². The SMILES string of the molecule is COc1cccc(CN2CCC(C)CC2C(=O)O)c1F. The average Bonchev–Trinajstić information content (AvgIpc) is 2.42. The predicted molar refractivity (Wildman–Crippen MR) is 73.2 cm³/mol. The van der Waals surface area contributed by atoms with Gasteiger partial charge in [-0.2, -0.15) is 0 Å². The molecule has 0 spiro atoms. The third-order valence-corrected chi connectivity index (χ3v) is 3.90. The Balaban J connectivity index is 2.17. The molecule has 1 aliphatic heterocycles. The van der Waals surface area contributed by atoms with Gasteiger partial charge in [0.05, 0.1) is 7.11 Å². The van der Waals surface area contributed by atoms with Crippen LogP contribution in [0.4, 0.5) is 4.39 Å². The summed E-state index contributed by atoms with van der Waals surface area (Å²) >= 11 is 0. The van der Waals surface area contributed by atoms with E-state index >= 15 is 0 Å². The molecule has 1 aliphatic rings. The van der Waals surface area contributed by atoms with E-state index in [9.17, 15) is 14.3 Å². The van der Waals surface area contributed by atoms with Crippen LogP contribution in [-0.4, -0.2) is 35.7 Å². The number of carboxylic acid groups (broad SMARTS) is 1. The molecule has 0 aliphatic carbocycles. The van der Waals surface area contributed by atoms with Crippen LogP contribution in [0.5, 0.6) is 5.75 Å². The molecule has 2 unspecified atom stereocenters. The van der Waals surface area contributed by atoms with E-state index in [1.165, 1.54) is 7.11 Å². The minimum absolute atomic E-state index is 0.194. The zero-order valence-corrected chi connectivity index (χ0v) is 11.8. The van der Waals surface area contributed by atoms with Crippen molar-refractivity contribution in [3.63, 3.8) is 0 Å². The van der Waals surface area contributed by atoms with Crippen LogP contribution in [0.25, 0.3) is 0 Å². The zero-order valence-electron chi connectivity index (χ0n) is 11.8. The number of hydrogen-bond acceptors (Lipinski definition) is 3. The molecular weight excluding hydrogens is 261 g/mol. The topological polar surface area (TPSA) is 49.8 Å². The highest BCUT2D eigenvalue weighted by Crippen LogP contribution is 2.27.